The zero-order valence-electron chi connectivity index (χ0n) is 11.9. The molecule has 1 aromatic carbocycles. The van der Waals surface area contributed by atoms with Gasteiger partial charge in [0.25, 0.3) is 5.78 Å². The highest BCUT2D eigenvalue weighted by Gasteiger charge is 2.34. The van der Waals surface area contributed by atoms with E-state index in [1.54, 1.807) is 0 Å². The van der Waals surface area contributed by atoms with Crippen LogP contribution in [-0.2, 0) is 12.6 Å². The van der Waals surface area contributed by atoms with E-state index in [4.69, 9.17) is 0 Å². The Labute approximate surface area is 129 Å². The Morgan fingerprint density at radius 3 is 2.87 bits per heavy atom. The third kappa shape index (κ3) is 2.39. The Morgan fingerprint density at radius 1 is 1.22 bits per heavy atom. The third-order valence-corrected chi connectivity index (χ3v) is 4.00. The van der Waals surface area contributed by atoms with Gasteiger partial charge >= 0.3 is 6.18 Å². The standard InChI is InChI=1S/C15H12F3N5/c16-15(17,18)12-7-13(23-14(22-12)19-8-20-23)21-11-6-5-9-3-1-2-4-10(9)11/h1-4,7-8,11,21H,5-6H2/t11-/m1/s1. The molecule has 8 heteroatoms. The van der Waals surface area contributed by atoms with Crippen LogP contribution in [0.5, 0.6) is 0 Å². The summed E-state index contributed by atoms with van der Waals surface area (Å²) < 4.78 is 40.3. The minimum atomic E-state index is -4.53. The predicted octanol–water partition coefficient (Wildman–Crippen LogP) is 3.24. The maximum Gasteiger partial charge on any atom is 0.433 e. The fourth-order valence-electron chi connectivity index (χ4n) is 2.95. The second kappa shape index (κ2) is 4.94. The van der Waals surface area contributed by atoms with E-state index in [0.29, 0.717) is 0 Å². The van der Waals surface area contributed by atoms with Crippen molar-refractivity contribution in [3.8, 4) is 0 Å². The van der Waals surface area contributed by atoms with E-state index in [9.17, 15) is 13.2 Å². The highest BCUT2D eigenvalue weighted by molar-refractivity contribution is 5.49. The number of nitrogens with zero attached hydrogens (tertiary/aromatic N) is 4. The van der Waals surface area contributed by atoms with Crippen LogP contribution in [0.15, 0.2) is 36.7 Å². The monoisotopic (exact) mass is 319 g/mol. The van der Waals surface area contributed by atoms with Crippen molar-refractivity contribution in [2.45, 2.75) is 25.1 Å². The van der Waals surface area contributed by atoms with Crippen LogP contribution < -0.4 is 5.32 Å². The molecule has 3 aromatic rings. The topological polar surface area (TPSA) is 55.1 Å². The quantitative estimate of drug-likeness (QED) is 0.788. The lowest BCUT2D eigenvalue weighted by molar-refractivity contribution is -0.141. The van der Waals surface area contributed by atoms with Crippen LogP contribution in [-0.4, -0.2) is 19.6 Å². The molecule has 0 saturated carbocycles. The Balaban J connectivity index is 1.76. The number of nitrogens with one attached hydrogen (secondary N) is 1. The Hall–Kier alpha value is -2.64. The van der Waals surface area contributed by atoms with Crippen LogP contribution in [0.1, 0.15) is 29.3 Å². The molecule has 0 spiro atoms. The van der Waals surface area contributed by atoms with Crippen LogP contribution in [0.25, 0.3) is 5.78 Å². The summed E-state index contributed by atoms with van der Waals surface area (Å²) in [7, 11) is 0. The molecule has 0 saturated heterocycles. The van der Waals surface area contributed by atoms with E-state index in [-0.39, 0.29) is 17.6 Å². The zero-order chi connectivity index (χ0) is 16.0. The Kier molecular flexibility index (Phi) is 3.00. The van der Waals surface area contributed by atoms with Gasteiger partial charge in [0, 0.05) is 6.07 Å². The van der Waals surface area contributed by atoms with Gasteiger partial charge in [-0.3, -0.25) is 0 Å². The van der Waals surface area contributed by atoms with Crippen molar-refractivity contribution in [1.29, 1.82) is 0 Å². The van der Waals surface area contributed by atoms with E-state index in [1.807, 2.05) is 24.3 Å². The van der Waals surface area contributed by atoms with Gasteiger partial charge in [0.2, 0.25) is 0 Å². The van der Waals surface area contributed by atoms with Crippen LogP contribution in [0, 0.1) is 0 Å². The number of benzene rings is 1. The number of hydrogen-bond donors (Lipinski definition) is 1. The van der Waals surface area contributed by atoms with Crippen LogP contribution in [0.2, 0.25) is 0 Å². The predicted molar refractivity (Wildman–Crippen MR) is 76.9 cm³/mol. The average molecular weight is 319 g/mol. The molecule has 1 atom stereocenters. The molecule has 0 amide bonds. The van der Waals surface area contributed by atoms with Gasteiger partial charge < -0.3 is 5.32 Å². The number of rotatable bonds is 2. The normalized spacial score (nSPS) is 17.4. The molecule has 0 unspecified atom stereocenters. The van der Waals surface area contributed by atoms with Crippen LogP contribution >= 0.6 is 0 Å². The van der Waals surface area contributed by atoms with E-state index < -0.39 is 11.9 Å². The maximum absolute atomic E-state index is 13.0. The Bertz CT molecular complexity index is 871. The smallest absolute Gasteiger partial charge is 0.363 e. The lowest BCUT2D eigenvalue weighted by Gasteiger charge is -2.17. The lowest BCUT2D eigenvalue weighted by Crippen LogP contribution is -2.15. The van der Waals surface area contributed by atoms with Gasteiger partial charge in [-0.15, -0.1) is 0 Å². The van der Waals surface area contributed by atoms with Crippen molar-refractivity contribution in [3.05, 3.63) is 53.5 Å². The van der Waals surface area contributed by atoms with Crippen molar-refractivity contribution < 1.29 is 13.2 Å². The van der Waals surface area contributed by atoms with Crippen molar-refractivity contribution >= 4 is 11.6 Å². The summed E-state index contributed by atoms with van der Waals surface area (Å²) in [5.41, 5.74) is 1.34. The summed E-state index contributed by atoms with van der Waals surface area (Å²) in [6.07, 6.45) is -1.63. The number of aromatic nitrogens is 4. The van der Waals surface area contributed by atoms with Crippen LogP contribution in [0.3, 0.4) is 0 Å². The SMILES string of the molecule is FC(F)(F)c1cc(N[C@@H]2CCc3ccccc32)n2ncnc2n1. The summed E-state index contributed by atoms with van der Waals surface area (Å²) in [5, 5.41) is 7.11. The number of aryl methyl sites for hydroxylation is 1. The molecule has 23 heavy (non-hydrogen) atoms. The highest BCUT2D eigenvalue weighted by Crippen LogP contribution is 2.35. The average Bonchev–Trinajstić information content (AvgIpc) is 3.13. The van der Waals surface area contributed by atoms with Gasteiger partial charge in [-0.25, -0.2) is 4.98 Å². The van der Waals surface area contributed by atoms with E-state index in [0.717, 1.165) is 24.5 Å². The molecule has 0 aliphatic heterocycles. The van der Waals surface area contributed by atoms with E-state index >= 15 is 0 Å². The van der Waals surface area contributed by atoms with Gasteiger partial charge in [-0.1, -0.05) is 24.3 Å². The first-order valence-electron chi connectivity index (χ1n) is 7.15. The molecule has 0 fully saturated rings. The molecule has 1 aliphatic carbocycles. The van der Waals surface area contributed by atoms with Gasteiger partial charge in [0.1, 0.15) is 12.1 Å². The molecule has 1 N–H and O–H groups in total. The molecular weight excluding hydrogens is 307 g/mol. The fraction of sp³-hybridized carbons (Fsp3) is 0.267. The Morgan fingerprint density at radius 2 is 2.04 bits per heavy atom. The minimum Gasteiger partial charge on any atom is -0.363 e. The first-order valence-corrected chi connectivity index (χ1v) is 7.15. The van der Waals surface area contributed by atoms with Gasteiger partial charge in [-0.05, 0) is 24.0 Å². The molecular formula is C15H12F3N5. The van der Waals surface area contributed by atoms with Gasteiger partial charge in [0.05, 0.1) is 6.04 Å². The molecule has 118 valence electrons. The first-order chi connectivity index (χ1) is 11.0. The summed E-state index contributed by atoms with van der Waals surface area (Å²) in [6, 6.07) is 8.84. The fourth-order valence-corrected chi connectivity index (χ4v) is 2.95. The summed E-state index contributed by atoms with van der Waals surface area (Å²) >= 11 is 0. The van der Waals surface area contributed by atoms with E-state index in [1.165, 1.54) is 16.4 Å². The van der Waals surface area contributed by atoms with Crippen molar-refractivity contribution in [2.75, 3.05) is 5.32 Å². The number of alkyl halides is 3. The molecule has 0 radical (unpaired) electrons. The third-order valence-electron chi connectivity index (χ3n) is 4.00. The molecule has 2 heterocycles. The summed E-state index contributed by atoms with van der Waals surface area (Å²) in [6.45, 7) is 0. The molecule has 2 aromatic heterocycles. The molecule has 0 bridgehead atoms. The largest absolute Gasteiger partial charge is 0.433 e. The van der Waals surface area contributed by atoms with Gasteiger partial charge in [0.15, 0.2) is 5.69 Å². The number of hydrogen-bond acceptors (Lipinski definition) is 4. The van der Waals surface area contributed by atoms with Crippen molar-refractivity contribution in [3.63, 3.8) is 0 Å². The van der Waals surface area contributed by atoms with E-state index in [2.05, 4.69) is 20.4 Å². The maximum atomic E-state index is 13.0. The lowest BCUT2D eigenvalue weighted by atomic mass is 10.1. The summed E-state index contributed by atoms with van der Waals surface area (Å²) in [5.74, 6) is 0.162. The zero-order valence-corrected chi connectivity index (χ0v) is 11.9. The van der Waals surface area contributed by atoms with Crippen LogP contribution in [0.4, 0.5) is 19.0 Å². The van der Waals surface area contributed by atoms with Gasteiger partial charge in [-0.2, -0.15) is 27.8 Å². The molecule has 4 rings (SSSR count). The number of halogens is 3. The number of fused-ring (bicyclic) bond motifs is 2. The second-order valence-corrected chi connectivity index (χ2v) is 5.43. The highest BCUT2D eigenvalue weighted by atomic mass is 19.4. The summed E-state index contributed by atoms with van der Waals surface area (Å²) in [4.78, 5) is 7.28. The van der Waals surface area contributed by atoms with Crippen molar-refractivity contribution in [2.24, 2.45) is 0 Å². The van der Waals surface area contributed by atoms with Crippen molar-refractivity contribution in [1.82, 2.24) is 19.6 Å². The molecule has 5 nitrogen and oxygen atoms in total. The second-order valence-electron chi connectivity index (χ2n) is 5.43. The molecule has 1 aliphatic rings. The first kappa shape index (κ1) is 14.0. The minimum absolute atomic E-state index is 0.0536. The number of anilines is 1.